The number of anilines is 1. The van der Waals surface area contributed by atoms with Crippen LogP contribution in [0, 0.1) is 0 Å². The summed E-state index contributed by atoms with van der Waals surface area (Å²) < 4.78 is 33.1. The van der Waals surface area contributed by atoms with Crippen molar-refractivity contribution in [3.8, 4) is 5.75 Å². The van der Waals surface area contributed by atoms with Gasteiger partial charge in [0.25, 0.3) is 0 Å². The number of hydrogen-bond donors (Lipinski definition) is 0. The molecule has 10 heteroatoms. The predicted octanol–water partition coefficient (Wildman–Crippen LogP) is 3.40. The molecule has 1 aromatic heterocycles. The summed E-state index contributed by atoms with van der Waals surface area (Å²) in [5.41, 5.74) is 1.89. The number of piperazine rings is 1. The lowest BCUT2D eigenvalue weighted by atomic mass is 10.1. The number of ether oxygens (including phenoxy) is 1. The fourth-order valence-electron chi connectivity index (χ4n) is 4.92. The number of halogens is 1. The highest BCUT2D eigenvalue weighted by Gasteiger charge is 2.41. The van der Waals surface area contributed by atoms with Gasteiger partial charge < -0.3 is 14.5 Å². The lowest BCUT2D eigenvalue weighted by Gasteiger charge is -2.38. The number of hydrogen-bond acceptors (Lipinski definition) is 6. The Kier molecular flexibility index (Phi) is 6.57. The van der Waals surface area contributed by atoms with Crippen LogP contribution in [-0.2, 0) is 14.8 Å². The van der Waals surface area contributed by atoms with E-state index in [0.29, 0.717) is 56.3 Å². The molecule has 3 aromatic rings. The maximum Gasteiger partial charge on any atom is 0.243 e. The number of fused-ring (bicyclic) bond motifs is 1. The molecular formula is C25H27ClN4O4S. The van der Waals surface area contributed by atoms with Crippen LogP contribution in [0.3, 0.4) is 0 Å². The van der Waals surface area contributed by atoms with Crippen molar-refractivity contribution in [2.24, 2.45) is 0 Å². The summed E-state index contributed by atoms with van der Waals surface area (Å²) in [4.78, 5) is 22.1. The van der Waals surface area contributed by atoms with E-state index in [1.807, 2.05) is 24.3 Å². The minimum atomic E-state index is -3.78. The van der Waals surface area contributed by atoms with E-state index < -0.39 is 16.1 Å². The lowest BCUT2D eigenvalue weighted by Crippen LogP contribution is -2.54. The Morgan fingerprint density at radius 1 is 1.03 bits per heavy atom. The quantitative estimate of drug-likeness (QED) is 0.519. The SMILES string of the molecule is COc1ccc(S(=O)(=O)N2CCC[C@@H]2C(=O)N2CCN(c3ccnc4cc(Cl)ccc34)CC2)cc1. The molecule has 1 amide bonds. The minimum Gasteiger partial charge on any atom is -0.497 e. The van der Waals surface area contributed by atoms with Gasteiger partial charge in [-0.3, -0.25) is 9.78 Å². The Bertz CT molecular complexity index is 1340. The molecule has 0 spiro atoms. The second-order valence-electron chi connectivity index (χ2n) is 8.75. The number of sulfonamides is 1. The first-order valence-electron chi connectivity index (χ1n) is 11.6. The van der Waals surface area contributed by atoms with E-state index in [0.717, 1.165) is 16.6 Å². The van der Waals surface area contributed by atoms with Crippen molar-refractivity contribution in [3.63, 3.8) is 0 Å². The molecule has 2 aliphatic heterocycles. The Balaban J connectivity index is 1.29. The maximum atomic E-state index is 13.4. The number of benzene rings is 2. The average Bonchev–Trinajstić information content (AvgIpc) is 3.39. The minimum absolute atomic E-state index is 0.120. The van der Waals surface area contributed by atoms with Crippen LogP contribution < -0.4 is 9.64 Å². The number of aromatic nitrogens is 1. The van der Waals surface area contributed by atoms with Gasteiger partial charge in [-0.05, 0) is 61.4 Å². The van der Waals surface area contributed by atoms with Crippen LogP contribution in [0.15, 0.2) is 59.6 Å². The highest BCUT2D eigenvalue weighted by Crippen LogP contribution is 2.31. The number of methoxy groups -OCH3 is 1. The smallest absolute Gasteiger partial charge is 0.243 e. The molecular weight excluding hydrogens is 488 g/mol. The summed E-state index contributed by atoms with van der Waals surface area (Å²) >= 11 is 6.12. The van der Waals surface area contributed by atoms with Gasteiger partial charge in [0, 0.05) is 55.0 Å². The molecule has 2 fully saturated rings. The molecule has 2 aromatic carbocycles. The number of carbonyl (C=O) groups is 1. The molecule has 0 saturated carbocycles. The van der Waals surface area contributed by atoms with E-state index >= 15 is 0 Å². The standard InChI is InChI=1S/C25H27ClN4O4S/c1-34-19-5-7-20(8-6-19)35(32,33)30-12-2-3-24(30)25(31)29-15-13-28(14-16-29)23-10-11-27-22-17-18(26)4-9-21(22)23/h4-11,17,24H,2-3,12-16H2,1H3/t24-/m1/s1. The Morgan fingerprint density at radius 3 is 2.49 bits per heavy atom. The van der Waals surface area contributed by atoms with Crippen molar-refractivity contribution in [2.75, 3.05) is 44.7 Å². The number of rotatable bonds is 5. The largest absolute Gasteiger partial charge is 0.497 e. The molecule has 184 valence electrons. The summed E-state index contributed by atoms with van der Waals surface area (Å²) in [6.45, 7) is 2.72. The summed E-state index contributed by atoms with van der Waals surface area (Å²) in [5.74, 6) is 0.464. The molecule has 35 heavy (non-hydrogen) atoms. The first-order chi connectivity index (χ1) is 16.9. The van der Waals surface area contributed by atoms with E-state index in [-0.39, 0.29) is 10.8 Å². The lowest BCUT2D eigenvalue weighted by molar-refractivity contribution is -0.134. The Labute approximate surface area is 210 Å². The topological polar surface area (TPSA) is 83.0 Å². The van der Waals surface area contributed by atoms with Crippen LogP contribution >= 0.6 is 11.6 Å². The van der Waals surface area contributed by atoms with Gasteiger partial charge in [-0.15, -0.1) is 0 Å². The van der Waals surface area contributed by atoms with Crippen LogP contribution in [0.4, 0.5) is 5.69 Å². The van der Waals surface area contributed by atoms with E-state index in [2.05, 4.69) is 9.88 Å². The molecule has 3 heterocycles. The first-order valence-corrected chi connectivity index (χ1v) is 13.4. The van der Waals surface area contributed by atoms with Gasteiger partial charge in [-0.1, -0.05) is 11.6 Å². The van der Waals surface area contributed by atoms with Crippen molar-refractivity contribution in [1.29, 1.82) is 0 Å². The predicted molar refractivity (Wildman–Crippen MR) is 135 cm³/mol. The van der Waals surface area contributed by atoms with Crippen molar-refractivity contribution in [3.05, 3.63) is 59.8 Å². The van der Waals surface area contributed by atoms with Crippen LogP contribution in [0.1, 0.15) is 12.8 Å². The summed E-state index contributed by atoms with van der Waals surface area (Å²) in [6.07, 6.45) is 2.97. The Hall–Kier alpha value is -2.88. The van der Waals surface area contributed by atoms with E-state index in [4.69, 9.17) is 16.3 Å². The summed E-state index contributed by atoms with van der Waals surface area (Å²) in [7, 11) is -2.24. The zero-order valence-corrected chi connectivity index (χ0v) is 21.0. The third kappa shape index (κ3) is 4.55. The zero-order valence-electron chi connectivity index (χ0n) is 19.4. The van der Waals surface area contributed by atoms with Crippen molar-refractivity contribution in [1.82, 2.24) is 14.2 Å². The third-order valence-corrected chi connectivity index (χ3v) is 8.93. The zero-order chi connectivity index (χ0) is 24.6. The van der Waals surface area contributed by atoms with Gasteiger partial charge in [-0.25, -0.2) is 8.42 Å². The molecule has 0 unspecified atom stereocenters. The third-order valence-electron chi connectivity index (χ3n) is 6.77. The molecule has 1 atom stereocenters. The maximum absolute atomic E-state index is 13.4. The second kappa shape index (κ2) is 9.64. The number of nitrogens with zero attached hydrogens (tertiary/aromatic N) is 4. The van der Waals surface area contributed by atoms with E-state index in [1.165, 1.54) is 23.5 Å². The highest BCUT2D eigenvalue weighted by molar-refractivity contribution is 7.89. The normalized spacial score (nSPS) is 19.3. The van der Waals surface area contributed by atoms with E-state index in [1.54, 1.807) is 23.2 Å². The number of pyridine rings is 1. The van der Waals surface area contributed by atoms with Gasteiger partial charge >= 0.3 is 0 Å². The van der Waals surface area contributed by atoms with Gasteiger partial charge in [0.05, 0.1) is 17.5 Å². The van der Waals surface area contributed by atoms with Crippen LogP contribution in [0.25, 0.3) is 10.9 Å². The fourth-order valence-corrected chi connectivity index (χ4v) is 6.74. The van der Waals surface area contributed by atoms with Gasteiger partial charge in [0.1, 0.15) is 11.8 Å². The first kappa shape index (κ1) is 23.8. The van der Waals surface area contributed by atoms with E-state index in [9.17, 15) is 13.2 Å². The number of carbonyl (C=O) groups excluding carboxylic acids is 1. The molecule has 8 nitrogen and oxygen atoms in total. The highest BCUT2D eigenvalue weighted by atomic mass is 35.5. The van der Waals surface area contributed by atoms with Crippen LogP contribution in [0.2, 0.25) is 5.02 Å². The molecule has 0 N–H and O–H groups in total. The molecule has 2 aliphatic rings. The summed E-state index contributed by atoms with van der Waals surface area (Å²) in [6, 6.07) is 13.3. The second-order valence-corrected chi connectivity index (χ2v) is 11.1. The van der Waals surface area contributed by atoms with Gasteiger partial charge in [-0.2, -0.15) is 4.31 Å². The molecule has 0 aliphatic carbocycles. The molecule has 5 rings (SSSR count). The summed E-state index contributed by atoms with van der Waals surface area (Å²) in [5, 5.41) is 1.66. The van der Waals surface area contributed by atoms with Crippen molar-refractivity contribution >= 4 is 44.1 Å². The molecule has 2 saturated heterocycles. The Morgan fingerprint density at radius 2 is 1.77 bits per heavy atom. The van der Waals surface area contributed by atoms with Crippen LogP contribution in [-0.4, -0.2) is 74.4 Å². The fraction of sp³-hybridized carbons (Fsp3) is 0.360. The molecule has 0 radical (unpaired) electrons. The van der Waals surface area contributed by atoms with Gasteiger partial charge in [0.2, 0.25) is 15.9 Å². The number of amides is 1. The van der Waals surface area contributed by atoms with Crippen LogP contribution in [0.5, 0.6) is 5.75 Å². The average molecular weight is 515 g/mol. The van der Waals surface area contributed by atoms with Gasteiger partial charge in [0.15, 0.2) is 0 Å². The molecule has 0 bridgehead atoms. The monoisotopic (exact) mass is 514 g/mol. The van der Waals surface area contributed by atoms with Crippen molar-refractivity contribution < 1.29 is 17.9 Å². The van der Waals surface area contributed by atoms with Crippen molar-refractivity contribution in [2.45, 2.75) is 23.8 Å².